The lowest BCUT2D eigenvalue weighted by Crippen LogP contribution is -2.12. The molecule has 90 valence electrons. The topological polar surface area (TPSA) is 68.8 Å². The highest BCUT2D eigenvalue weighted by Crippen LogP contribution is 2.13. The molecular formula is C12H17N5. The van der Waals surface area contributed by atoms with E-state index in [2.05, 4.69) is 15.4 Å². The Balaban J connectivity index is 1.90. The van der Waals surface area contributed by atoms with Crippen LogP contribution in [-0.4, -0.2) is 21.3 Å². The Labute approximate surface area is 101 Å². The third-order valence-corrected chi connectivity index (χ3v) is 2.50. The molecule has 5 heteroatoms. The zero-order chi connectivity index (χ0) is 12.3. The molecule has 0 saturated heterocycles. The summed E-state index contributed by atoms with van der Waals surface area (Å²) in [5.41, 5.74) is 8.57. The van der Waals surface area contributed by atoms with Gasteiger partial charge in [0.25, 0.3) is 0 Å². The first kappa shape index (κ1) is 11.4. The number of anilines is 2. The van der Waals surface area contributed by atoms with Crippen LogP contribution in [0.3, 0.4) is 0 Å². The number of nitrogens with one attached hydrogen (secondary N) is 1. The molecule has 0 aliphatic rings. The molecule has 0 aliphatic carbocycles. The maximum Gasteiger partial charge on any atom is 0.129 e. The predicted molar refractivity (Wildman–Crippen MR) is 68.8 cm³/mol. The maximum atomic E-state index is 5.65. The van der Waals surface area contributed by atoms with Crippen LogP contribution in [0.5, 0.6) is 0 Å². The van der Waals surface area contributed by atoms with Crippen molar-refractivity contribution < 1.29 is 0 Å². The summed E-state index contributed by atoms with van der Waals surface area (Å²) in [4.78, 5) is 4.25. The third kappa shape index (κ3) is 2.96. The van der Waals surface area contributed by atoms with Crippen molar-refractivity contribution >= 4 is 11.5 Å². The van der Waals surface area contributed by atoms with Crippen LogP contribution in [0.15, 0.2) is 24.7 Å². The van der Waals surface area contributed by atoms with Crippen molar-refractivity contribution in [1.82, 2.24) is 14.8 Å². The van der Waals surface area contributed by atoms with Crippen LogP contribution in [0.25, 0.3) is 0 Å². The highest BCUT2D eigenvalue weighted by atomic mass is 15.3. The Morgan fingerprint density at radius 3 is 2.82 bits per heavy atom. The Morgan fingerprint density at radius 2 is 2.18 bits per heavy atom. The average molecular weight is 231 g/mol. The number of rotatable bonds is 4. The van der Waals surface area contributed by atoms with Gasteiger partial charge in [0, 0.05) is 12.7 Å². The molecule has 0 aromatic carbocycles. The number of nitrogen functional groups attached to an aromatic ring is 1. The minimum absolute atomic E-state index is 0.691. The van der Waals surface area contributed by atoms with Crippen molar-refractivity contribution in [3.8, 4) is 0 Å². The molecule has 2 aromatic rings. The second-order valence-corrected chi connectivity index (χ2v) is 4.14. The molecule has 0 aliphatic heterocycles. The number of hydrogen-bond donors (Lipinski definition) is 2. The highest BCUT2D eigenvalue weighted by molar-refractivity contribution is 5.50. The van der Waals surface area contributed by atoms with Gasteiger partial charge in [-0.2, -0.15) is 5.10 Å². The third-order valence-electron chi connectivity index (χ3n) is 2.50. The largest absolute Gasteiger partial charge is 0.397 e. The fourth-order valence-electron chi connectivity index (χ4n) is 1.66. The lowest BCUT2D eigenvalue weighted by atomic mass is 10.2. The van der Waals surface area contributed by atoms with Crippen LogP contribution in [-0.2, 0) is 6.54 Å². The molecular weight excluding hydrogens is 214 g/mol. The maximum absolute atomic E-state index is 5.65. The smallest absolute Gasteiger partial charge is 0.129 e. The van der Waals surface area contributed by atoms with Crippen molar-refractivity contribution in [2.45, 2.75) is 20.4 Å². The van der Waals surface area contributed by atoms with E-state index in [-0.39, 0.29) is 0 Å². The molecule has 3 N–H and O–H groups in total. The molecule has 0 radical (unpaired) electrons. The van der Waals surface area contributed by atoms with Crippen LogP contribution < -0.4 is 11.1 Å². The molecule has 0 fully saturated rings. The molecule has 17 heavy (non-hydrogen) atoms. The monoisotopic (exact) mass is 231 g/mol. The van der Waals surface area contributed by atoms with Crippen LogP contribution in [0.4, 0.5) is 11.5 Å². The van der Waals surface area contributed by atoms with Gasteiger partial charge >= 0.3 is 0 Å². The van der Waals surface area contributed by atoms with Gasteiger partial charge in [-0.3, -0.25) is 4.68 Å². The zero-order valence-corrected chi connectivity index (χ0v) is 10.1. The number of hydrogen-bond acceptors (Lipinski definition) is 4. The first-order valence-corrected chi connectivity index (χ1v) is 5.60. The standard InChI is InChI=1S/C12H17N5/c1-9-6-16-17(8-9)4-3-14-12-10(2)5-11(13)7-15-12/h5-8H,3-4,13H2,1-2H3,(H,14,15). The Morgan fingerprint density at radius 1 is 1.35 bits per heavy atom. The second kappa shape index (κ2) is 4.86. The SMILES string of the molecule is Cc1cnn(CCNc2ncc(N)cc2C)c1. The summed E-state index contributed by atoms with van der Waals surface area (Å²) >= 11 is 0. The Hall–Kier alpha value is -2.04. The van der Waals surface area contributed by atoms with Gasteiger partial charge in [-0.25, -0.2) is 4.98 Å². The zero-order valence-electron chi connectivity index (χ0n) is 10.1. The van der Waals surface area contributed by atoms with Crippen molar-refractivity contribution in [3.63, 3.8) is 0 Å². The van der Waals surface area contributed by atoms with Gasteiger partial charge in [0.05, 0.1) is 24.6 Å². The van der Waals surface area contributed by atoms with Gasteiger partial charge in [-0.15, -0.1) is 0 Å². The van der Waals surface area contributed by atoms with E-state index in [9.17, 15) is 0 Å². The van der Waals surface area contributed by atoms with E-state index in [1.807, 2.05) is 37.0 Å². The molecule has 0 saturated carbocycles. The van der Waals surface area contributed by atoms with E-state index in [4.69, 9.17) is 5.73 Å². The van der Waals surface area contributed by atoms with E-state index < -0.39 is 0 Å². The van der Waals surface area contributed by atoms with Crippen LogP contribution >= 0.6 is 0 Å². The molecule has 5 nitrogen and oxygen atoms in total. The molecule has 0 unspecified atom stereocenters. The fourth-order valence-corrected chi connectivity index (χ4v) is 1.66. The lowest BCUT2D eigenvalue weighted by molar-refractivity contribution is 0.636. The van der Waals surface area contributed by atoms with Crippen molar-refractivity contribution in [1.29, 1.82) is 0 Å². The number of pyridine rings is 1. The quantitative estimate of drug-likeness (QED) is 0.838. The number of nitrogens with two attached hydrogens (primary N) is 1. The Bertz CT molecular complexity index is 503. The van der Waals surface area contributed by atoms with E-state index in [0.29, 0.717) is 5.69 Å². The second-order valence-electron chi connectivity index (χ2n) is 4.14. The van der Waals surface area contributed by atoms with E-state index in [1.165, 1.54) is 5.56 Å². The highest BCUT2D eigenvalue weighted by Gasteiger charge is 2.00. The number of aromatic nitrogens is 3. The van der Waals surface area contributed by atoms with Gasteiger partial charge in [-0.1, -0.05) is 0 Å². The lowest BCUT2D eigenvalue weighted by Gasteiger charge is -2.08. The van der Waals surface area contributed by atoms with Crippen molar-refractivity contribution in [2.24, 2.45) is 0 Å². The molecule has 2 aromatic heterocycles. The normalized spacial score (nSPS) is 10.5. The summed E-state index contributed by atoms with van der Waals surface area (Å²) in [5.74, 6) is 0.878. The van der Waals surface area contributed by atoms with Crippen molar-refractivity contribution in [3.05, 3.63) is 35.8 Å². The molecule has 0 bridgehead atoms. The Kier molecular flexibility index (Phi) is 3.27. The van der Waals surface area contributed by atoms with Gasteiger partial charge in [0.1, 0.15) is 5.82 Å². The van der Waals surface area contributed by atoms with Crippen LogP contribution in [0, 0.1) is 13.8 Å². The summed E-state index contributed by atoms with van der Waals surface area (Å²) in [6.45, 7) is 5.63. The number of nitrogens with zero attached hydrogens (tertiary/aromatic N) is 3. The summed E-state index contributed by atoms with van der Waals surface area (Å²) in [5, 5.41) is 7.49. The van der Waals surface area contributed by atoms with E-state index >= 15 is 0 Å². The summed E-state index contributed by atoms with van der Waals surface area (Å²) < 4.78 is 1.91. The molecule has 0 spiro atoms. The van der Waals surface area contributed by atoms with Gasteiger partial charge in [-0.05, 0) is 31.0 Å². The molecule has 0 amide bonds. The summed E-state index contributed by atoms with van der Waals surface area (Å²) in [6, 6.07) is 1.91. The minimum Gasteiger partial charge on any atom is -0.397 e. The summed E-state index contributed by atoms with van der Waals surface area (Å²) in [6.07, 6.45) is 5.53. The minimum atomic E-state index is 0.691. The van der Waals surface area contributed by atoms with E-state index in [0.717, 1.165) is 24.5 Å². The molecule has 0 atom stereocenters. The molecule has 2 heterocycles. The fraction of sp³-hybridized carbons (Fsp3) is 0.333. The molecule has 2 rings (SSSR count). The average Bonchev–Trinajstić information content (AvgIpc) is 2.68. The van der Waals surface area contributed by atoms with Gasteiger partial charge in [0.2, 0.25) is 0 Å². The first-order valence-electron chi connectivity index (χ1n) is 5.60. The predicted octanol–water partition coefficient (Wildman–Crippen LogP) is 1.59. The number of aryl methyl sites for hydroxylation is 2. The van der Waals surface area contributed by atoms with Gasteiger partial charge in [0.15, 0.2) is 0 Å². The first-order chi connectivity index (χ1) is 8.15. The van der Waals surface area contributed by atoms with Crippen molar-refractivity contribution in [2.75, 3.05) is 17.6 Å². The van der Waals surface area contributed by atoms with Crippen LogP contribution in [0.1, 0.15) is 11.1 Å². The van der Waals surface area contributed by atoms with E-state index in [1.54, 1.807) is 6.20 Å². The van der Waals surface area contributed by atoms with Crippen LogP contribution in [0.2, 0.25) is 0 Å². The van der Waals surface area contributed by atoms with Gasteiger partial charge < -0.3 is 11.1 Å². The summed E-state index contributed by atoms with van der Waals surface area (Å²) in [7, 11) is 0.